The summed E-state index contributed by atoms with van der Waals surface area (Å²) in [5.41, 5.74) is -0.472. The van der Waals surface area contributed by atoms with E-state index in [1.165, 1.54) is 12.3 Å². The van der Waals surface area contributed by atoms with E-state index in [0.29, 0.717) is 10.0 Å². The van der Waals surface area contributed by atoms with Crippen LogP contribution in [0.2, 0.25) is 0 Å². The van der Waals surface area contributed by atoms with E-state index in [1.807, 2.05) is 12.2 Å². The standard InChI is InChI=1S/C20H20BrN3O5/c1-20(2,3)29-17-13(21)6-10(7-14(17)24(27)28)9-22-23-18(25)15-11-4-5-12(8-11)16(15)19(23)26/h4-7,9,11-12,15-16H,8H2,1-3H3/t11-,12-,15-,16+/m0/s1. The quantitative estimate of drug-likeness (QED) is 0.223. The number of allylic oxidation sites excluding steroid dienone is 2. The molecule has 29 heavy (non-hydrogen) atoms. The lowest BCUT2D eigenvalue weighted by molar-refractivity contribution is -0.386. The van der Waals surface area contributed by atoms with Crippen molar-refractivity contribution in [2.24, 2.45) is 28.8 Å². The molecule has 9 heteroatoms. The average Bonchev–Trinajstić information content (AvgIpc) is 3.29. The molecule has 0 N–H and O–H groups in total. The molecule has 1 heterocycles. The minimum absolute atomic E-state index is 0.103. The number of carbonyl (C=O) groups is 2. The number of benzene rings is 1. The highest BCUT2D eigenvalue weighted by Crippen LogP contribution is 2.52. The normalized spacial score (nSPS) is 27.9. The van der Waals surface area contributed by atoms with Crippen molar-refractivity contribution in [3.05, 3.63) is 44.4 Å². The molecule has 4 atom stereocenters. The molecule has 3 aliphatic rings. The van der Waals surface area contributed by atoms with Gasteiger partial charge in [-0.1, -0.05) is 12.2 Å². The first-order valence-electron chi connectivity index (χ1n) is 9.34. The maximum absolute atomic E-state index is 12.7. The van der Waals surface area contributed by atoms with Crippen LogP contribution in [-0.2, 0) is 9.59 Å². The Morgan fingerprint density at radius 1 is 1.21 bits per heavy atom. The molecule has 2 aliphatic carbocycles. The van der Waals surface area contributed by atoms with Crippen molar-refractivity contribution in [3.63, 3.8) is 0 Å². The number of nitrogens with zero attached hydrogens (tertiary/aromatic N) is 3. The number of amides is 2. The first-order valence-corrected chi connectivity index (χ1v) is 10.1. The Bertz CT molecular complexity index is 951. The summed E-state index contributed by atoms with van der Waals surface area (Å²) in [4.78, 5) is 36.3. The zero-order valence-corrected chi connectivity index (χ0v) is 17.8. The van der Waals surface area contributed by atoms with Crippen molar-refractivity contribution >= 4 is 39.6 Å². The fraction of sp³-hybridized carbons (Fsp3) is 0.450. The Morgan fingerprint density at radius 3 is 2.31 bits per heavy atom. The van der Waals surface area contributed by atoms with Gasteiger partial charge in [-0.05, 0) is 61.0 Å². The van der Waals surface area contributed by atoms with Crippen LogP contribution in [0.1, 0.15) is 32.8 Å². The number of rotatable bonds is 4. The van der Waals surface area contributed by atoms with Crippen LogP contribution in [0.25, 0.3) is 0 Å². The molecule has 1 aliphatic heterocycles. The van der Waals surface area contributed by atoms with Crippen LogP contribution in [0.5, 0.6) is 5.75 Å². The Hall–Kier alpha value is -2.55. The number of nitro groups is 1. The molecule has 2 amide bonds. The van der Waals surface area contributed by atoms with E-state index in [4.69, 9.17) is 4.74 Å². The van der Waals surface area contributed by atoms with Gasteiger partial charge in [0.1, 0.15) is 5.60 Å². The summed E-state index contributed by atoms with van der Waals surface area (Å²) in [6.07, 6.45) is 6.17. The van der Waals surface area contributed by atoms with E-state index in [2.05, 4.69) is 21.0 Å². The minimum atomic E-state index is -0.623. The van der Waals surface area contributed by atoms with Gasteiger partial charge < -0.3 is 4.74 Å². The van der Waals surface area contributed by atoms with Gasteiger partial charge in [0, 0.05) is 11.6 Å². The zero-order valence-electron chi connectivity index (χ0n) is 16.2. The maximum atomic E-state index is 12.7. The highest BCUT2D eigenvalue weighted by Gasteiger charge is 2.59. The first-order chi connectivity index (χ1) is 13.6. The predicted molar refractivity (Wildman–Crippen MR) is 108 cm³/mol. The first kappa shape index (κ1) is 19.8. The number of halogens is 1. The Balaban J connectivity index is 1.61. The van der Waals surface area contributed by atoms with E-state index >= 15 is 0 Å². The third-order valence-electron chi connectivity index (χ3n) is 5.42. The molecule has 8 nitrogen and oxygen atoms in total. The molecule has 1 aromatic carbocycles. The number of hydrazone groups is 1. The number of hydrogen-bond acceptors (Lipinski definition) is 6. The molecule has 152 valence electrons. The van der Waals surface area contributed by atoms with Gasteiger partial charge in [-0.25, -0.2) is 0 Å². The minimum Gasteiger partial charge on any atom is -0.480 e. The van der Waals surface area contributed by atoms with Crippen molar-refractivity contribution in [2.45, 2.75) is 32.8 Å². The van der Waals surface area contributed by atoms with E-state index in [1.54, 1.807) is 26.8 Å². The van der Waals surface area contributed by atoms with Crippen LogP contribution < -0.4 is 4.74 Å². The Labute approximate surface area is 175 Å². The smallest absolute Gasteiger partial charge is 0.312 e. The van der Waals surface area contributed by atoms with Gasteiger partial charge in [0.2, 0.25) is 5.75 Å². The summed E-state index contributed by atoms with van der Waals surface area (Å²) in [7, 11) is 0. The Morgan fingerprint density at radius 2 is 1.79 bits per heavy atom. The Kier molecular flexibility index (Phi) is 4.60. The highest BCUT2D eigenvalue weighted by molar-refractivity contribution is 9.10. The summed E-state index contributed by atoms with van der Waals surface area (Å²) in [5, 5.41) is 16.5. The van der Waals surface area contributed by atoms with Crippen molar-refractivity contribution in [2.75, 3.05) is 0 Å². The molecular formula is C20H20BrN3O5. The monoisotopic (exact) mass is 461 g/mol. The molecule has 1 aromatic rings. The van der Waals surface area contributed by atoms with Gasteiger partial charge >= 0.3 is 5.69 Å². The topological polar surface area (TPSA) is 102 Å². The fourth-order valence-electron chi connectivity index (χ4n) is 4.34. The molecule has 2 bridgehead atoms. The van der Waals surface area contributed by atoms with E-state index < -0.39 is 10.5 Å². The van der Waals surface area contributed by atoms with Crippen LogP contribution in [0.15, 0.2) is 33.9 Å². The van der Waals surface area contributed by atoms with Crippen LogP contribution in [0.4, 0.5) is 5.69 Å². The molecule has 0 spiro atoms. The number of carbonyl (C=O) groups excluding carboxylic acids is 2. The molecule has 1 saturated heterocycles. The largest absolute Gasteiger partial charge is 0.480 e. The number of imide groups is 1. The van der Waals surface area contributed by atoms with E-state index in [-0.39, 0.29) is 46.9 Å². The van der Waals surface area contributed by atoms with Gasteiger partial charge in [0.25, 0.3) is 11.8 Å². The summed E-state index contributed by atoms with van der Waals surface area (Å²) in [6, 6.07) is 2.92. The molecular weight excluding hydrogens is 442 g/mol. The second kappa shape index (κ2) is 6.76. The average molecular weight is 462 g/mol. The third kappa shape index (κ3) is 3.37. The molecule has 0 aromatic heterocycles. The summed E-state index contributed by atoms with van der Waals surface area (Å²) in [6.45, 7) is 5.38. The van der Waals surface area contributed by atoms with Crippen LogP contribution in [0.3, 0.4) is 0 Å². The number of hydrogen-bond donors (Lipinski definition) is 0. The molecule has 0 unspecified atom stereocenters. The molecule has 0 radical (unpaired) electrons. The van der Waals surface area contributed by atoms with Crippen molar-refractivity contribution in [1.82, 2.24) is 5.01 Å². The number of ether oxygens (including phenoxy) is 1. The lowest BCUT2D eigenvalue weighted by Gasteiger charge is -2.22. The summed E-state index contributed by atoms with van der Waals surface area (Å²) in [5.74, 6) is -0.943. The highest BCUT2D eigenvalue weighted by atomic mass is 79.9. The van der Waals surface area contributed by atoms with Crippen molar-refractivity contribution in [3.8, 4) is 5.75 Å². The number of nitro benzene ring substituents is 1. The summed E-state index contributed by atoms with van der Waals surface area (Å²) < 4.78 is 6.10. The van der Waals surface area contributed by atoms with Gasteiger partial charge in [-0.3, -0.25) is 19.7 Å². The zero-order chi connectivity index (χ0) is 21.1. The van der Waals surface area contributed by atoms with Crippen molar-refractivity contribution < 1.29 is 19.2 Å². The van der Waals surface area contributed by atoms with Gasteiger partial charge in [0.05, 0.1) is 27.4 Å². The predicted octanol–water partition coefficient (Wildman–Crippen LogP) is 3.68. The molecule has 2 fully saturated rings. The van der Waals surface area contributed by atoms with Crippen LogP contribution in [-0.4, -0.2) is 33.6 Å². The van der Waals surface area contributed by atoms with Gasteiger partial charge in [0.15, 0.2) is 0 Å². The van der Waals surface area contributed by atoms with Gasteiger partial charge in [-0.15, -0.1) is 0 Å². The molecule has 4 rings (SSSR count). The maximum Gasteiger partial charge on any atom is 0.312 e. The second-order valence-corrected chi connectivity index (χ2v) is 9.41. The fourth-order valence-corrected chi connectivity index (χ4v) is 4.89. The van der Waals surface area contributed by atoms with Crippen LogP contribution >= 0.6 is 15.9 Å². The second-order valence-electron chi connectivity index (χ2n) is 8.56. The lowest BCUT2D eigenvalue weighted by Crippen LogP contribution is -2.28. The van der Waals surface area contributed by atoms with Crippen molar-refractivity contribution in [1.29, 1.82) is 0 Å². The molecule has 1 saturated carbocycles. The van der Waals surface area contributed by atoms with E-state index in [0.717, 1.165) is 11.4 Å². The third-order valence-corrected chi connectivity index (χ3v) is 6.01. The van der Waals surface area contributed by atoms with Gasteiger partial charge in [-0.2, -0.15) is 10.1 Å². The van der Waals surface area contributed by atoms with E-state index in [9.17, 15) is 19.7 Å². The number of fused-ring (bicyclic) bond motifs is 5. The van der Waals surface area contributed by atoms with Crippen LogP contribution in [0, 0.1) is 33.8 Å². The lowest BCUT2D eigenvalue weighted by atomic mass is 9.85. The SMILES string of the molecule is CC(C)(C)Oc1c(Br)cc(C=NN2C(=O)[C@@H]3[C@H](C2=O)[C@H]2C=C[C@H]3C2)cc1[N+](=O)[O-]. The summed E-state index contributed by atoms with van der Waals surface area (Å²) >= 11 is 3.31.